The first-order valence-corrected chi connectivity index (χ1v) is 7.51. The van der Waals surface area contributed by atoms with Gasteiger partial charge in [-0.3, -0.25) is 24.6 Å². The smallest absolute Gasteiger partial charge is 0.271 e. The van der Waals surface area contributed by atoms with E-state index < -0.39 is 10.8 Å². The molecule has 1 heterocycles. The van der Waals surface area contributed by atoms with Crippen molar-refractivity contribution >= 4 is 23.2 Å². The van der Waals surface area contributed by atoms with Crippen LogP contribution < -0.4 is 15.0 Å². The highest BCUT2D eigenvalue weighted by atomic mass is 16.6. The van der Waals surface area contributed by atoms with Crippen LogP contribution >= 0.6 is 0 Å². The lowest BCUT2D eigenvalue weighted by molar-refractivity contribution is -0.384. The van der Waals surface area contributed by atoms with Crippen LogP contribution in [0.15, 0.2) is 18.2 Å². The van der Waals surface area contributed by atoms with Crippen molar-refractivity contribution in [2.45, 2.75) is 26.2 Å². The molecule has 0 bridgehead atoms. The van der Waals surface area contributed by atoms with Crippen LogP contribution in [0.1, 0.15) is 26.2 Å². The van der Waals surface area contributed by atoms with E-state index in [-0.39, 0.29) is 30.4 Å². The third-order valence-electron chi connectivity index (χ3n) is 3.50. The molecule has 0 aliphatic carbocycles. The molecule has 0 saturated heterocycles. The van der Waals surface area contributed by atoms with Crippen molar-refractivity contribution in [2.24, 2.45) is 0 Å². The summed E-state index contributed by atoms with van der Waals surface area (Å²) in [5.74, 6) is -0.343. The summed E-state index contributed by atoms with van der Waals surface area (Å²) in [5.41, 5.74) is 0.0922. The highest BCUT2D eigenvalue weighted by Gasteiger charge is 2.29. The summed E-state index contributed by atoms with van der Waals surface area (Å²) in [6.07, 6.45) is 2.95. The number of anilines is 1. The monoisotopic (exact) mass is 321 g/mol. The van der Waals surface area contributed by atoms with Crippen molar-refractivity contribution in [1.29, 1.82) is 0 Å². The Balaban J connectivity index is 2.09. The zero-order valence-electron chi connectivity index (χ0n) is 12.9. The Kier molecular flexibility index (Phi) is 5.51. The molecule has 0 unspecified atom stereocenters. The van der Waals surface area contributed by atoms with Crippen molar-refractivity contribution in [3.8, 4) is 5.75 Å². The lowest BCUT2D eigenvalue weighted by atomic mass is 10.2. The van der Waals surface area contributed by atoms with Gasteiger partial charge in [0.15, 0.2) is 6.61 Å². The Morgan fingerprint density at radius 1 is 1.43 bits per heavy atom. The number of carbonyl (C=O) groups is 2. The SMILES string of the molecule is CCCCCNC(=O)CN1C(=O)COc2ccc([N+](=O)[O-])cc21. The highest BCUT2D eigenvalue weighted by Crippen LogP contribution is 2.34. The second kappa shape index (κ2) is 7.57. The first-order chi connectivity index (χ1) is 11.0. The van der Waals surface area contributed by atoms with Crippen molar-refractivity contribution in [3.63, 3.8) is 0 Å². The van der Waals surface area contributed by atoms with Crippen LogP contribution in [0, 0.1) is 10.1 Å². The first kappa shape index (κ1) is 16.7. The van der Waals surface area contributed by atoms with E-state index >= 15 is 0 Å². The zero-order chi connectivity index (χ0) is 16.8. The Labute approximate surface area is 133 Å². The predicted molar refractivity (Wildman–Crippen MR) is 83.5 cm³/mol. The lowest BCUT2D eigenvalue weighted by Crippen LogP contribution is -2.45. The second-order valence-corrected chi connectivity index (χ2v) is 5.23. The Hall–Kier alpha value is -2.64. The molecule has 1 aromatic carbocycles. The summed E-state index contributed by atoms with van der Waals surface area (Å²) in [6, 6.07) is 3.99. The Morgan fingerprint density at radius 2 is 2.22 bits per heavy atom. The van der Waals surface area contributed by atoms with Crippen molar-refractivity contribution in [3.05, 3.63) is 28.3 Å². The van der Waals surface area contributed by atoms with Crippen LogP contribution in [0.2, 0.25) is 0 Å². The number of nitro benzene ring substituents is 1. The minimum absolute atomic E-state index is 0.157. The molecule has 0 aromatic heterocycles. The fourth-order valence-electron chi connectivity index (χ4n) is 2.28. The fraction of sp³-hybridized carbons (Fsp3) is 0.467. The second-order valence-electron chi connectivity index (χ2n) is 5.23. The molecule has 8 nitrogen and oxygen atoms in total. The largest absolute Gasteiger partial charge is 0.482 e. The van der Waals surface area contributed by atoms with Gasteiger partial charge in [0, 0.05) is 18.7 Å². The van der Waals surface area contributed by atoms with Crippen LogP contribution in [-0.4, -0.2) is 36.4 Å². The molecule has 8 heteroatoms. The molecule has 0 spiro atoms. The summed E-state index contributed by atoms with van der Waals surface area (Å²) in [7, 11) is 0. The molecule has 0 fully saturated rings. The van der Waals surface area contributed by atoms with Crippen molar-refractivity contribution < 1.29 is 19.2 Å². The molecule has 23 heavy (non-hydrogen) atoms. The van der Waals surface area contributed by atoms with Crippen LogP contribution in [0.4, 0.5) is 11.4 Å². The average Bonchev–Trinajstić information content (AvgIpc) is 2.53. The van der Waals surface area contributed by atoms with Gasteiger partial charge in [-0.1, -0.05) is 19.8 Å². The summed E-state index contributed by atoms with van der Waals surface area (Å²) in [6.45, 7) is 2.25. The third-order valence-corrected chi connectivity index (χ3v) is 3.50. The van der Waals surface area contributed by atoms with E-state index in [0.717, 1.165) is 19.3 Å². The minimum atomic E-state index is -0.553. The average molecular weight is 321 g/mol. The number of hydrogen-bond acceptors (Lipinski definition) is 5. The summed E-state index contributed by atoms with van der Waals surface area (Å²) < 4.78 is 5.25. The number of nitrogens with zero attached hydrogens (tertiary/aromatic N) is 2. The first-order valence-electron chi connectivity index (χ1n) is 7.51. The molecule has 0 radical (unpaired) electrons. The lowest BCUT2D eigenvalue weighted by Gasteiger charge is -2.28. The maximum Gasteiger partial charge on any atom is 0.271 e. The molecule has 124 valence electrons. The van der Waals surface area contributed by atoms with Gasteiger partial charge in [-0.2, -0.15) is 0 Å². The van der Waals surface area contributed by atoms with Crippen LogP contribution in [0.25, 0.3) is 0 Å². The molecule has 2 amide bonds. The van der Waals surface area contributed by atoms with Crippen molar-refractivity contribution in [2.75, 3.05) is 24.6 Å². The van der Waals surface area contributed by atoms with E-state index in [0.29, 0.717) is 12.3 Å². The van der Waals surface area contributed by atoms with Gasteiger partial charge >= 0.3 is 0 Å². The number of rotatable bonds is 7. The number of benzene rings is 1. The number of unbranched alkanes of at least 4 members (excludes halogenated alkanes) is 2. The van der Waals surface area contributed by atoms with E-state index in [1.165, 1.54) is 23.1 Å². The molecule has 1 N–H and O–H groups in total. The Bertz CT molecular complexity index is 617. The number of non-ortho nitro benzene ring substituents is 1. The van der Waals surface area contributed by atoms with Crippen LogP contribution in [0.3, 0.4) is 0 Å². The van der Waals surface area contributed by atoms with Gasteiger partial charge in [-0.15, -0.1) is 0 Å². The zero-order valence-corrected chi connectivity index (χ0v) is 12.9. The minimum Gasteiger partial charge on any atom is -0.482 e. The maximum absolute atomic E-state index is 12.0. The van der Waals surface area contributed by atoms with Gasteiger partial charge in [0.2, 0.25) is 5.91 Å². The van der Waals surface area contributed by atoms with E-state index in [1.54, 1.807) is 0 Å². The number of ether oxygens (including phenoxy) is 1. The van der Waals surface area contributed by atoms with E-state index in [2.05, 4.69) is 12.2 Å². The number of nitro groups is 1. The standard InChI is InChI=1S/C15H19N3O5/c1-2-3-4-7-16-14(19)9-17-12-8-11(18(21)22)5-6-13(12)23-10-15(17)20/h5-6,8H,2-4,7,9-10H2,1H3,(H,16,19). The summed E-state index contributed by atoms with van der Waals surface area (Å²) in [4.78, 5) is 35.5. The topological polar surface area (TPSA) is 102 Å². The fourth-order valence-corrected chi connectivity index (χ4v) is 2.28. The molecule has 2 rings (SSSR count). The van der Waals surface area contributed by atoms with E-state index in [9.17, 15) is 19.7 Å². The van der Waals surface area contributed by atoms with E-state index in [1.807, 2.05) is 0 Å². The normalized spacial score (nSPS) is 13.3. The maximum atomic E-state index is 12.0. The van der Waals surface area contributed by atoms with E-state index in [4.69, 9.17) is 4.74 Å². The Morgan fingerprint density at radius 3 is 2.91 bits per heavy atom. The van der Waals surface area contributed by atoms with Crippen LogP contribution in [0.5, 0.6) is 5.75 Å². The molecule has 1 aliphatic heterocycles. The van der Waals surface area contributed by atoms with Gasteiger partial charge < -0.3 is 10.1 Å². The summed E-state index contributed by atoms with van der Waals surface area (Å²) in [5, 5.41) is 13.6. The number of carbonyl (C=O) groups excluding carboxylic acids is 2. The van der Waals surface area contributed by atoms with Gasteiger partial charge in [-0.25, -0.2) is 0 Å². The molecule has 1 aliphatic rings. The molecule has 0 saturated carbocycles. The van der Waals surface area contributed by atoms with Crippen LogP contribution in [-0.2, 0) is 9.59 Å². The number of nitrogens with one attached hydrogen (secondary N) is 1. The quantitative estimate of drug-likeness (QED) is 0.467. The molecule has 0 atom stereocenters. The van der Waals surface area contributed by atoms with Crippen molar-refractivity contribution in [1.82, 2.24) is 5.32 Å². The van der Waals surface area contributed by atoms with Gasteiger partial charge in [-0.05, 0) is 12.5 Å². The molecular weight excluding hydrogens is 302 g/mol. The molecular formula is C15H19N3O5. The highest BCUT2D eigenvalue weighted by molar-refractivity contribution is 6.02. The third kappa shape index (κ3) is 4.18. The number of amides is 2. The number of hydrogen-bond donors (Lipinski definition) is 1. The number of fused-ring (bicyclic) bond motifs is 1. The van der Waals surface area contributed by atoms with Gasteiger partial charge in [0.1, 0.15) is 12.3 Å². The molecule has 1 aromatic rings. The summed E-state index contributed by atoms with van der Waals surface area (Å²) >= 11 is 0. The van der Waals surface area contributed by atoms with Gasteiger partial charge in [0.25, 0.3) is 11.6 Å². The van der Waals surface area contributed by atoms with Gasteiger partial charge in [0.05, 0.1) is 10.6 Å². The predicted octanol–water partition coefficient (Wildman–Crippen LogP) is 1.63.